The molecule has 0 spiro atoms. The first-order valence-corrected chi connectivity index (χ1v) is 9.38. The van der Waals surface area contributed by atoms with Gasteiger partial charge in [-0.1, -0.05) is 48.5 Å². The van der Waals surface area contributed by atoms with Gasteiger partial charge in [0.25, 0.3) is 5.91 Å². The van der Waals surface area contributed by atoms with Gasteiger partial charge in [0.05, 0.1) is 6.26 Å². The normalized spacial score (nSPS) is 10.6. The maximum absolute atomic E-state index is 12.3. The molecule has 0 fully saturated rings. The molecule has 0 radical (unpaired) electrons. The van der Waals surface area contributed by atoms with E-state index in [0.29, 0.717) is 18.1 Å². The molecular formula is C21H21NO2S. The van der Waals surface area contributed by atoms with Crippen molar-refractivity contribution in [2.24, 2.45) is 0 Å². The zero-order valence-corrected chi connectivity index (χ0v) is 14.8. The quantitative estimate of drug-likeness (QED) is 0.462. The van der Waals surface area contributed by atoms with Crippen molar-refractivity contribution in [3.05, 3.63) is 89.9 Å². The third kappa shape index (κ3) is 5.26. The Kier molecular flexibility index (Phi) is 6.35. The molecule has 4 heteroatoms. The maximum Gasteiger partial charge on any atom is 0.287 e. The zero-order valence-electron chi connectivity index (χ0n) is 14.0. The van der Waals surface area contributed by atoms with Crippen LogP contribution in [0.25, 0.3) is 0 Å². The molecule has 2 aromatic carbocycles. The zero-order chi connectivity index (χ0) is 17.3. The first-order valence-electron chi connectivity index (χ1n) is 8.39. The van der Waals surface area contributed by atoms with E-state index in [2.05, 4.69) is 29.6 Å². The molecule has 3 aromatic rings. The lowest BCUT2D eigenvalue weighted by Gasteiger charge is -2.06. The lowest BCUT2D eigenvalue weighted by Crippen LogP contribution is -2.25. The number of benzene rings is 2. The van der Waals surface area contributed by atoms with Crippen molar-refractivity contribution in [2.75, 3.05) is 6.54 Å². The van der Waals surface area contributed by atoms with Gasteiger partial charge >= 0.3 is 0 Å². The second-order valence-electron chi connectivity index (χ2n) is 5.72. The van der Waals surface area contributed by atoms with E-state index in [1.807, 2.05) is 42.5 Å². The Morgan fingerprint density at radius 2 is 1.68 bits per heavy atom. The second-order valence-corrected chi connectivity index (χ2v) is 6.77. The van der Waals surface area contributed by atoms with Crippen molar-refractivity contribution in [3.8, 4) is 0 Å². The van der Waals surface area contributed by atoms with Gasteiger partial charge in [-0.05, 0) is 36.6 Å². The van der Waals surface area contributed by atoms with Crippen molar-refractivity contribution >= 4 is 17.7 Å². The summed E-state index contributed by atoms with van der Waals surface area (Å²) >= 11 is 1.70. The van der Waals surface area contributed by atoms with Crippen molar-refractivity contribution < 1.29 is 9.21 Å². The average Bonchev–Trinajstić information content (AvgIpc) is 3.14. The van der Waals surface area contributed by atoms with Gasteiger partial charge in [0.1, 0.15) is 0 Å². The molecule has 0 unspecified atom stereocenters. The van der Waals surface area contributed by atoms with Crippen LogP contribution in [0.2, 0.25) is 0 Å². The molecule has 0 saturated heterocycles. The van der Waals surface area contributed by atoms with Gasteiger partial charge in [0, 0.05) is 22.8 Å². The van der Waals surface area contributed by atoms with Crippen molar-refractivity contribution in [3.63, 3.8) is 0 Å². The highest BCUT2D eigenvalue weighted by Gasteiger charge is 2.15. The van der Waals surface area contributed by atoms with E-state index < -0.39 is 0 Å². The topological polar surface area (TPSA) is 42.2 Å². The van der Waals surface area contributed by atoms with Crippen LogP contribution in [0.3, 0.4) is 0 Å². The fourth-order valence-electron chi connectivity index (χ4n) is 2.55. The summed E-state index contributed by atoms with van der Waals surface area (Å²) in [7, 11) is 0. The van der Waals surface area contributed by atoms with Gasteiger partial charge in [0.2, 0.25) is 0 Å². The SMILES string of the molecule is O=C(NCCCc1ccccc1)c1occc1CSc1ccccc1. The summed E-state index contributed by atoms with van der Waals surface area (Å²) < 4.78 is 5.40. The standard InChI is InChI=1S/C21H21NO2S/c23-21(22-14-7-10-17-8-3-1-4-9-17)20-18(13-15-24-20)16-25-19-11-5-2-6-12-19/h1-6,8-9,11-13,15H,7,10,14,16H2,(H,22,23). The summed E-state index contributed by atoms with van der Waals surface area (Å²) in [4.78, 5) is 13.5. The van der Waals surface area contributed by atoms with Gasteiger partial charge in [-0.3, -0.25) is 4.79 Å². The summed E-state index contributed by atoms with van der Waals surface area (Å²) in [6.45, 7) is 0.639. The molecule has 128 valence electrons. The summed E-state index contributed by atoms with van der Waals surface area (Å²) in [5, 5.41) is 2.95. The van der Waals surface area contributed by atoms with E-state index in [-0.39, 0.29) is 5.91 Å². The molecule has 0 aliphatic rings. The number of carbonyl (C=O) groups is 1. The Morgan fingerprint density at radius 1 is 0.960 bits per heavy atom. The molecule has 1 N–H and O–H groups in total. The van der Waals surface area contributed by atoms with Crippen LogP contribution in [-0.2, 0) is 12.2 Å². The molecule has 0 aliphatic heterocycles. The van der Waals surface area contributed by atoms with Crippen LogP contribution in [0.15, 0.2) is 82.3 Å². The highest BCUT2D eigenvalue weighted by molar-refractivity contribution is 7.98. The van der Waals surface area contributed by atoms with Crippen LogP contribution < -0.4 is 5.32 Å². The number of thioether (sulfide) groups is 1. The highest BCUT2D eigenvalue weighted by Crippen LogP contribution is 2.24. The number of amides is 1. The Hall–Kier alpha value is -2.46. The van der Waals surface area contributed by atoms with Gasteiger partial charge in [0.15, 0.2) is 5.76 Å². The number of aryl methyl sites for hydroxylation is 1. The summed E-state index contributed by atoms with van der Waals surface area (Å²) in [5.41, 5.74) is 2.21. The first-order chi connectivity index (χ1) is 12.3. The van der Waals surface area contributed by atoms with Gasteiger partial charge in [-0.15, -0.1) is 11.8 Å². The first kappa shape index (κ1) is 17.4. The minimum absolute atomic E-state index is 0.137. The lowest BCUT2D eigenvalue weighted by molar-refractivity contribution is 0.0924. The molecule has 3 rings (SSSR count). The predicted octanol–water partition coefficient (Wildman–Crippen LogP) is 4.93. The third-order valence-electron chi connectivity index (χ3n) is 3.86. The summed E-state index contributed by atoms with van der Waals surface area (Å²) in [6.07, 6.45) is 3.44. The molecule has 0 saturated carbocycles. The van der Waals surface area contributed by atoms with Crippen LogP contribution in [0, 0.1) is 0 Å². The minimum Gasteiger partial charge on any atom is -0.459 e. The Morgan fingerprint density at radius 3 is 2.44 bits per heavy atom. The van der Waals surface area contributed by atoms with Crippen LogP contribution in [0.1, 0.15) is 28.1 Å². The second kappa shape index (κ2) is 9.14. The van der Waals surface area contributed by atoms with E-state index in [1.165, 1.54) is 10.5 Å². The molecule has 1 heterocycles. The molecule has 25 heavy (non-hydrogen) atoms. The summed E-state index contributed by atoms with van der Waals surface area (Å²) in [6, 6.07) is 22.3. The number of rotatable bonds is 8. The monoisotopic (exact) mass is 351 g/mol. The van der Waals surface area contributed by atoms with Gasteiger partial charge < -0.3 is 9.73 Å². The number of hydrogen-bond acceptors (Lipinski definition) is 3. The van der Waals surface area contributed by atoms with Crippen LogP contribution in [0.4, 0.5) is 0 Å². The third-order valence-corrected chi connectivity index (χ3v) is 4.92. The number of carbonyl (C=O) groups excluding carboxylic acids is 1. The van der Waals surface area contributed by atoms with Crippen LogP contribution in [-0.4, -0.2) is 12.5 Å². The number of hydrogen-bond donors (Lipinski definition) is 1. The maximum atomic E-state index is 12.3. The Bertz CT molecular complexity index is 784. The van der Waals surface area contributed by atoms with Crippen molar-refractivity contribution in [2.45, 2.75) is 23.5 Å². The van der Waals surface area contributed by atoms with E-state index >= 15 is 0 Å². The fraction of sp³-hybridized carbons (Fsp3) is 0.190. The molecule has 1 amide bonds. The number of furan rings is 1. The molecule has 0 bridgehead atoms. The highest BCUT2D eigenvalue weighted by atomic mass is 32.2. The lowest BCUT2D eigenvalue weighted by atomic mass is 10.1. The molecule has 0 aliphatic carbocycles. The van der Waals surface area contributed by atoms with Crippen molar-refractivity contribution in [1.29, 1.82) is 0 Å². The van der Waals surface area contributed by atoms with E-state index in [1.54, 1.807) is 18.0 Å². The molecule has 3 nitrogen and oxygen atoms in total. The van der Waals surface area contributed by atoms with Gasteiger partial charge in [-0.2, -0.15) is 0 Å². The molecular weight excluding hydrogens is 330 g/mol. The van der Waals surface area contributed by atoms with Crippen molar-refractivity contribution in [1.82, 2.24) is 5.32 Å². The average molecular weight is 351 g/mol. The Labute approximate surface area is 152 Å². The van der Waals surface area contributed by atoms with E-state index in [4.69, 9.17) is 4.42 Å². The molecule has 0 atom stereocenters. The van der Waals surface area contributed by atoms with Gasteiger partial charge in [-0.25, -0.2) is 0 Å². The fourth-order valence-corrected chi connectivity index (χ4v) is 3.44. The summed E-state index contributed by atoms with van der Waals surface area (Å²) in [5.74, 6) is 0.998. The predicted molar refractivity (Wildman–Crippen MR) is 102 cm³/mol. The van der Waals surface area contributed by atoms with E-state index in [9.17, 15) is 4.79 Å². The van der Waals surface area contributed by atoms with E-state index in [0.717, 1.165) is 18.4 Å². The largest absolute Gasteiger partial charge is 0.459 e. The van der Waals surface area contributed by atoms with Crippen LogP contribution >= 0.6 is 11.8 Å². The van der Waals surface area contributed by atoms with Crippen LogP contribution in [0.5, 0.6) is 0 Å². The number of nitrogens with one attached hydrogen (secondary N) is 1. The smallest absolute Gasteiger partial charge is 0.287 e. The Balaban J connectivity index is 1.47. The molecule has 1 aromatic heterocycles. The minimum atomic E-state index is -0.137.